The van der Waals surface area contributed by atoms with Gasteiger partial charge in [0.2, 0.25) is 11.8 Å². The van der Waals surface area contributed by atoms with Gasteiger partial charge in [-0.1, -0.05) is 37.1 Å². The molecule has 1 atom stereocenters. The molecule has 0 aliphatic heterocycles. The first-order chi connectivity index (χ1) is 22.0. The van der Waals surface area contributed by atoms with E-state index in [-0.39, 0.29) is 40.6 Å². The van der Waals surface area contributed by atoms with Gasteiger partial charge in [0.25, 0.3) is 10.0 Å². The maximum Gasteiger partial charge on any atom is 0.265 e. The highest BCUT2D eigenvalue weighted by atomic mass is 32.2. The molecule has 12 heteroatoms. The average Bonchev–Trinajstić information content (AvgIpc) is 3.58. The van der Waals surface area contributed by atoms with E-state index in [0.717, 1.165) is 41.1 Å². The number of anilines is 1. The van der Waals surface area contributed by atoms with Gasteiger partial charge in [-0.05, 0) is 62.1 Å². The maximum absolute atomic E-state index is 14.5. The number of nitrogens with one attached hydrogen (secondary N) is 1. The van der Waals surface area contributed by atoms with Crippen LogP contribution in [0.4, 0.5) is 5.69 Å². The molecule has 3 aromatic carbocycles. The summed E-state index contributed by atoms with van der Waals surface area (Å²) in [6.45, 7) is 3.06. The first-order valence-corrected chi connectivity index (χ1v) is 16.6. The molecule has 248 valence electrons. The van der Waals surface area contributed by atoms with Crippen LogP contribution < -0.4 is 28.6 Å². The monoisotopic (exact) mass is 653 g/mol. The van der Waals surface area contributed by atoms with Crippen LogP contribution in [0, 0.1) is 6.92 Å². The van der Waals surface area contributed by atoms with Crippen molar-refractivity contribution in [3.8, 4) is 23.0 Å². The smallest absolute Gasteiger partial charge is 0.265 e. The molecule has 0 bridgehead atoms. The van der Waals surface area contributed by atoms with E-state index in [4.69, 9.17) is 18.9 Å². The second-order valence-corrected chi connectivity index (χ2v) is 13.0. The topological polar surface area (TPSA) is 124 Å². The van der Waals surface area contributed by atoms with Crippen LogP contribution in [-0.4, -0.2) is 72.2 Å². The van der Waals surface area contributed by atoms with Gasteiger partial charge in [0.05, 0.1) is 39.0 Å². The molecule has 0 saturated heterocycles. The summed E-state index contributed by atoms with van der Waals surface area (Å²) >= 11 is 0. The number of sulfonamides is 1. The van der Waals surface area contributed by atoms with E-state index >= 15 is 0 Å². The summed E-state index contributed by atoms with van der Waals surface area (Å²) in [7, 11) is 1.29. The lowest BCUT2D eigenvalue weighted by Gasteiger charge is -2.33. The van der Waals surface area contributed by atoms with Crippen LogP contribution in [-0.2, 0) is 26.2 Å². The highest BCUT2D eigenvalue weighted by Gasteiger charge is 2.35. The minimum atomic E-state index is -4.43. The second-order valence-electron chi connectivity index (χ2n) is 11.2. The number of benzene rings is 3. The Morgan fingerprint density at radius 2 is 1.52 bits per heavy atom. The Hall–Kier alpha value is -4.45. The average molecular weight is 654 g/mol. The molecule has 0 radical (unpaired) electrons. The Morgan fingerprint density at radius 3 is 2.15 bits per heavy atom. The van der Waals surface area contributed by atoms with Gasteiger partial charge in [0, 0.05) is 24.7 Å². The van der Waals surface area contributed by atoms with Crippen molar-refractivity contribution in [2.75, 3.05) is 39.3 Å². The normalized spacial score (nSPS) is 13.9. The largest absolute Gasteiger partial charge is 0.497 e. The third-order valence-corrected chi connectivity index (χ3v) is 10.1. The standard InChI is InChI=1S/C34H43N3O8S/c1-23-11-7-8-12-25(23)21-36(24(2)34(39)35-26-13-9-10-14-26)33(38)22-37(29-19-27(42-3)15-17-30(29)43-4)46(40,41)28-16-18-31(44-5)32(20-28)45-6/h7-8,11-12,15-20,24,26H,9-10,13-14,21-22H2,1-6H3,(H,35,39)/t24-/m1/s1. The van der Waals surface area contributed by atoms with Crippen molar-refractivity contribution in [1.29, 1.82) is 0 Å². The summed E-state index contributed by atoms with van der Waals surface area (Å²) in [5.41, 5.74) is 1.86. The Labute approximate surface area is 271 Å². The third-order valence-electron chi connectivity index (χ3n) is 8.35. The highest BCUT2D eigenvalue weighted by Crippen LogP contribution is 2.38. The van der Waals surface area contributed by atoms with Crippen molar-refractivity contribution >= 4 is 27.5 Å². The molecule has 0 unspecified atom stereocenters. The van der Waals surface area contributed by atoms with Crippen LogP contribution in [0.25, 0.3) is 0 Å². The summed E-state index contributed by atoms with van der Waals surface area (Å²) < 4.78 is 51.5. The summed E-state index contributed by atoms with van der Waals surface area (Å²) in [6, 6.07) is 15.6. The molecule has 3 aromatic rings. The van der Waals surface area contributed by atoms with Crippen molar-refractivity contribution in [2.24, 2.45) is 0 Å². The van der Waals surface area contributed by atoms with Gasteiger partial charge in [-0.2, -0.15) is 0 Å². The molecule has 4 rings (SSSR count). The minimum absolute atomic E-state index is 0.0494. The Kier molecular flexibility index (Phi) is 11.4. The van der Waals surface area contributed by atoms with E-state index in [0.29, 0.717) is 11.5 Å². The summed E-state index contributed by atoms with van der Waals surface area (Å²) in [4.78, 5) is 29.2. The third kappa shape index (κ3) is 7.67. The number of hydrogen-bond acceptors (Lipinski definition) is 8. The van der Waals surface area contributed by atoms with Gasteiger partial charge in [0.15, 0.2) is 11.5 Å². The van der Waals surface area contributed by atoms with Crippen molar-refractivity contribution in [3.05, 3.63) is 71.8 Å². The summed E-state index contributed by atoms with van der Waals surface area (Å²) in [6.07, 6.45) is 3.85. The molecule has 1 aliphatic carbocycles. The van der Waals surface area contributed by atoms with Crippen molar-refractivity contribution < 1.29 is 37.0 Å². The van der Waals surface area contributed by atoms with E-state index in [1.807, 2.05) is 31.2 Å². The van der Waals surface area contributed by atoms with Crippen molar-refractivity contribution in [3.63, 3.8) is 0 Å². The molecule has 1 saturated carbocycles. The maximum atomic E-state index is 14.5. The van der Waals surface area contributed by atoms with Crippen molar-refractivity contribution in [2.45, 2.75) is 63.1 Å². The van der Waals surface area contributed by atoms with Gasteiger partial charge >= 0.3 is 0 Å². The molecule has 2 amide bonds. The lowest BCUT2D eigenvalue weighted by atomic mass is 10.1. The van der Waals surface area contributed by atoms with Crippen LogP contribution >= 0.6 is 0 Å². The van der Waals surface area contributed by atoms with E-state index in [1.165, 1.54) is 57.6 Å². The van der Waals surface area contributed by atoms with E-state index < -0.39 is 28.5 Å². The molecular weight excluding hydrogens is 610 g/mol. The van der Waals surface area contributed by atoms with Crippen LogP contribution in [0.1, 0.15) is 43.7 Å². The van der Waals surface area contributed by atoms with E-state index in [2.05, 4.69) is 5.32 Å². The number of nitrogens with zero attached hydrogens (tertiary/aromatic N) is 2. The Balaban J connectivity index is 1.80. The number of aryl methyl sites for hydroxylation is 1. The molecule has 11 nitrogen and oxygen atoms in total. The van der Waals surface area contributed by atoms with Crippen LogP contribution in [0.3, 0.4) is 0 Å². The first kappa shape index (κ1) is 34.4. The molecule has 1 aliphatic rings. The second kappa shape index (κ2) is 15.2. The summed E-state index contributed by atoms with van der Waals surface area (Å²) in [5.74, 6) is 0.237. The molecule has 0 heterocycles. The zero-order valence-corrected chi connectivity index (χ0v) is 28.1. The molecular formula is C34H43N3O8S. The highest BCUT2D eigenvalue weighted by molar-refractivity contribution is 7.92. The number of rotatable bonds is 14. The molecule has 0 spiro atoms. The van der Waals surface area contributed by atoms with Crippen molar-refractivity contribution in [1.82, 2.24) is 10.2 Å². The van der Waals surface area contributed by atoms with Crippen LogP contribution in [0.2, 0.25) is 0 Å². The number of hydrogen-bond donors (Lipinski definition) is 1. The van der Waals surface area contributed by atoms with Gasteiger partial charge < -0.3 is 29.2 Å². The fourth-order valence-corrected chi connectivity index (χ4v) is 6.99. The fourth-order valence-electron chi connectivity index (χ4n) is 5.55. The minimum Gasteiger partial charge on any atom is -0.497 e. The number of ether oxygens (including phenoxy) is 4. The quantitative estimate of drug-likeness (QED) is 0.266. The van der Waals surface area contributed by atoms with Gasteiger partial charge in [-0.15, -0.1) is 0 Å². The van der Waals surface area contributed by atoms with Gasteiger partial charge in [-0.3, -0.25) is 13.9 Å². The molecule has 1 fully saturated rings. The number of amides is 2. The molecule has 46 heavy (non-hydrogen) atoms. The molecule has 1 N–H and O–H groups in total. The number of carbonyl (C=O) groups is 2. The predicted molar refractivity (Wildman–Crippen MR) is 175 cm³/mol. The SMILES string of the molecule is COc1ccc(OC)c(N(CC(=O)N(Cc2ccccc2C)[C@H](C)C(=O)NC2CCCC2)S(=O)(=O)c2ccc(OC)c(OC)c2)c1. The van der Waals surface area contributed by atoms with Gasteiger partial charge in [-0.25, -0.2) is 8.42 Å². The van der Waals surface area contributed by atoms with Crippen LogP contribution in [0.5, 0.6) is 23.0 Å². The van der Waals surface area contributed by atoms with Crippen LogP contribution in [0.15, 0.2) is 65.6 Å². The first-order valence-electron chi connectivity index (χ1n) is 15.1. The Bertz CT molecular complexity index is 1640. The Morgan fingerprint density at radius 1 is 0.870 bits per heavy atom. The zero-order valence-electron chi connectivity index (χ0n) is 27.2. The van der Waals surface area contributed by atoms with Gasteiger partial charge in [0.1, 0.15) is 24.1 Å². The number of methoxy groups -OCH3 is 4. The van der Waals surface area contributed by atoms with E-state index in [1.54, 1.807) is 19.1 Å². The lowest BCUT2D eigenvalue weighted by molar-refractivity contribution is -0.139. The lowest BCUT2D eigenvalue weighted by Crippen LogP contribution is -2.52. The predicted octanol–water partition coefficient (Wildman–Crippen LogP) is 4.70. The number of carbonyl (C=O) groups excluding carboxylic acids is 2. The molecule has 0 aromatic heterocycles. The zero-order chi connectivity index (χ0) is 33.4. The van der Waals surface area contributed by atoms with E-state index in [9.17, 15) is 18.0 Å². The summed E-state index contributed by atoms with van der Waals surface area (Å²) in [5, 5.41) is 3.09. The fraction of sp³-hybridized carbons (Fsp3) is 0.412.